The Morgan fingerprint density at radius 2 is 1.53 bits per heavy atom. The molecule has 5 fully saturated rings. The third-order valence-electron chi connectivity index (χ3n) is 12.9. The second-order valence-corrected chi connectivity index (χ2v) is 20.0. The van der Waals surface area contributed by atoms with E-state index in [-0.39, 0.29) is 73.0 Å². The van der Waals surface area contributed by atoms with Crippen LogP contribution in [-0.2, 0) is 28.8 Å². The average molecular weight is 737 g/mol. The lowest BCUT2D eigenvalue weighted by Crippen LogP contribution is -2.62. The zero-order chi connectivity index (χ0) is 39.3. The van der Waals surface area contributed by atoms with Gasteiger partial charge >= 0.3 is 6.03 Å². The Morgan fingerprint density at radius 3 is 2.06 bits per heavy atom. The molecule has 6 atom stereocenters. The van der Waals surface area contributed by atoms with Crippen molar-refractivity contribution in [2.24, 2.45) is 45.3 Å². The van der Waals surface area contributed by atoms with Crippen molar-refractivity contribution in [2.75, 3.05) is 13.1 Å². The molecule has 2 saturated heterocycles. The van der Waals surface area contributed by atoms with E-state index in [2.05, 4.69) is 17.2 Å². The Hall–Kier alpha value is -3.37. The molecule has 0 aromatic rings. The van der Waals surface area contributed by atoms with Crippen molar-refractivity contribution in [1.82, 2.24) is 20.4 Å². The number of carbonyl (C=O) groups is 7. The van der Waals surface area contributed by atoms with Gasteiger partial charge in [-0.25, -0.2) is 4.79 Å². The lowest BCUT2D eigenvalue weighted by Gasteiger charge is -2.40. The van der Waals surface area contributed by atoms with E-state index < -0.39 is 57.9 Å². The van der Waals surface area contributed by atoms with E-state index in [1.165, 1.54) is 4.90 Å². The van der Waals surface area contributed by atoms with Gasteiger partial charge in [0.2, 0.25) is 23.5 Å². The molecule has 5 rings (SSSR count). The van der Waals surface area contributed by atoms with Crippen LogP contribution in [0.1, 0.15) is 132 Å². The summed E-state index contributed by atoms with van der Waals surface area (Å²) in [5.74, 6) is -2.19. The first-order valence-corrected chi connectivity index (χ1v) is 20.0. The maximum atomic E-state index is 14.8. The molecule has 2 heterocycles. The van der Waals surface area contributed by atoms with Crippen LogP contribution in [0, 0.1) is 45.3 Å². The molecule has 11 heteroatoms. The normalized spacial score (nSPS) is 26.5. The summed E-state index contributed by atoms with van der Waals surface area (Å²) in [5.41, 5.74) is -1.55. The molecular weight excluding hydrogens is 672 g/mol. The zero-order valence-electron chi connectivity index (χ0n) is 33.5. The summed E-state index contributed by atoms with van der Waals surface area (Å²) in [6, 6.07) is -2.90. The molecule has 0 radical (unpaired) electrons. The summed E-state index contributed by atoms with van der Waals surface area (Å²) in [6.07, 6.45) is 9.01. The molecule has 0 aromatic heterocycles. The molecule has 2 N–H and O–H groups in total. The number of nitrogens with zero attached hydrogens (tertiary/aromatic N) is 2. The van der Waals surface area contributed by atoms with Crippen LogP contribution < -0.4 is 10.6 Å². The molecular formula is C42H64N4O7. The van der Waals surface area contributed by atoms with Gasteiger partial charge in [-0.15, -0.1) is 6.58 Å². The molecule has 11 nitrogen and oxygen atoms in total. The van der Waals surface area contributed by atoms with E-state index in [9.17, 15) is 33.6 Å². The predicted octanol–water partition coefficient (Wildman–Crippen LogP) is 5.79. The third kappa shape index (κ3) is 9.30. The van der Waals surface area contributed by atoms with Crippen molar-refractivity contribution in [2.45, 2.75) is 151 Å². The number of carbonyl (C=O) groups excluding carboxylic acids is 7. The van der Waals surface area contributed by atoms with Crippen molar-refractivity contribution >= 4 is 41.1 Å². The number of Topliss-reactive ketones (excluding diaryl/α,β-unsaturated/α-hetero) is 3. The molecule has 0 aromatic carbocycles. The van der Waals surface area contributed by atoms with Gasteiger partial charge in [0.15, 0.2) is 11.6 Å². The van der Waals surface area contributed by atoms with Gasteiger partial charge in [0.1, 0.15) is 6.04 Å². The first-order valence-electron chi connectivity index (χ1n) is 20.0. The number of nitrogens with one attached hydrogen (secondary N) is 2. The fourth-order valence-corrected chi connectivity index (χ4v) is 9.24. The van der Waals surface area contributed by atoms with Crippen LogP contribution >= 0.6 is 0 Å². The number of urea groups is 1. The van der Waals surface area contributed by atoms with Gasteiger partial charge in [-0.05, 0) is 77.9 Å². The quantitative estimate of drug-likeness (QED) is 0.123. The Balaban J connectivity index is 1.35. The molecule has 294 valence electrons. The Labute approximate surface area is 316 Å². The van der Waals surface area contributed by atoms with Crippen molar-refractivity contribution in [3.05, 3.63) is 12.7 Å². The number of hydrogen-bond donors (Lipinski definition) is 2. The number of ketones is 3. The number of amides is 5. The first kappa shape index (κ1) is 40.8. The molecule has 3 aliphatic carbocycles. The average Bonchev–Trinajstić information content (AvgIpc) is 3.95. The fraction of sp³-hybridized carbons (Fsp3) is 0.786. The van der Waals surface area contributed by atoms with Crippen molar-refractivity contribution in [3.8, 4) is 0 Å². The van der Waals surface area contributed by atoms with Crippen LogP contribution in [-0.4, -0.2) is 82.1 Å². The van der Waals surface area contributed by atoms with Crippen molar-refractivity contribution in [1.29, 1.82) is 0 Å². The van der Waals surface area contributed by atoms with E-state index in [1.807, 2.05) is 55.4 Å². The SMILES string of the molecule is C=CCCC(=O)C(=O)C(CC(=O)[C@@H]1[C@H]2CCC3(CC3)[C@H]2CN1C(=O)[C@@H](NC(=O)N[C@H](CN1C(=O)CC(C)(C)CC1=O)C(C)(C)C)C(C)(C)C)CC1CC1. The van der Waals surface area contributed by atoms with Crippen molar-refractivity contribution in [3.63, 3.8) is 0 Å². The third-order valence-corrected chi connectivity index (χ3v) is 12.9. The van der Waals surface area contributed by atoms with Crippen LogP contribution in [0.2, 0.25) is 0 Å². The lowest BCUT2D eigenvalue weighted by molar-refractivity contribution is -0.153. The van der Waals surface area contributed by atoms with Gasteiger partial charge in [0.25, 0.3) is 0 Å². The number of allylic oxidation sites excluding steroid dienone is 1. The minimum absolute atomic E-state index is 0.0176. The zero-order valence-corrected chi connectivity index (χ0v) is 33.5. The lowest BCUT2D eigenvalue weighted by atomic mass is 9.80. The molecule has 3 saturated carbocycles. The van der Waals surface area contributed by atoms with Crippen LogP contribution in [0.3, 0.4) is 0 Å². The largest absolute Gasteiger partial charge is 0.333 e. The van der Waals surface area contributed by atoms with Gasteiger partial charge < -0.3 is 15.5 Å². The van der Waals surface area contributed by atoms with Gasteiger partial charge in [0, 0.05) is 44.7 Å². The summed E-state index contributed by atoms with van der Waals surface area (Å²) < 4.78 is 0. The monoisotopic (exact) mass is 736 g/mol. The molecule has 2 aliphatic heterocycles. The van der Waals surface area contributed by atoms with Crippen LogP contribution in [0.4, 0.5) is 4.79 Å². The predicted molar refractivity (Wildman–Crippen MR) is 201 cm³/mol. The van der Waals surface area contributed by atoms with Gasteiger partial charge in [0.05, 0.1) is 12.1 Å². The number of hydrogen-bond acceptors (Lipinski definition) is 7. The highest BCUT2D eigenvalue weighted by atomic mass is 16.2. The minimum Gasteiger partial charge on any atom is -0.333 e. The molecule has 0 bridgehead atoms. The fourth-order valence-electron chi connectivity index (χ4n) is 9.24. The number of fused-ring (bicyclic) bond motifs is 2. The van der Waals surface area contributed by atoms with Crippen molar-refractivity contribution < 1.29 is 33.6 Å². The first-order chi connectivity index (χ1) is 24.6. The Morgan fingerprint density at radius 1 is 0.906 bits per heavy atom. The Kier molecular flexibility index (Phi) is 11.6. The van der Waals surface area contributed by atoms with Gasteiger partial charge in [-0.3, -0.25) is 33.7 Å². The van der Waals surface area contributed by atoms with Crippen LogP contribution in [0.5, 0.6) is 0 Å². The van der Waals surface area contributed by atoms with E-state index in [4.69, 9.17) is 0 Å². The summed E-state index contributed by atoms with van der Waals surface area (Å²) in [6.45, 7) is 19.3. The van der Waals surface area contributed by atoms with E-state index in [0.717, 1.165) is 38.5 Å². The number of rotatable bonds is 15. The molecule has 1 unspecified atom stereocenters. The second-order valence-electron chi connectivity index (χ2n) is 20.0. The van der Waals surface area contributed by atoms with E-state index in [1.54, 1.807) is 11.0 Å². The summed E-state index contributed by atoms with van der Waals surface area (Å²) >= 11 is 0. The Bertz CT molecular complexity index is 1490. The maximum absolute atomic E-state index is 14.8. The second kappa shape index (κ2) is 15.0. The molecule has 5 aliphatic rings. The maximum Gasteiger partial charge on any atom is 0.315 e. The molecule has 53 heavy (non-hydrogen) atoms. The topological polar surface area (TPSA) is 150 Å². The number of likely N-dealkylation sites (tertiary alicyclic amines) is 2. The van der Waals surface area contributed by atoms with Crippen LogP contribution in [0.25, 0.3) is 0 Å². The number of piperidine rings is 1. The smallest absolute Gasteiger partial charge is 0.315 e. The van der Waals surface area contributed by atoms with Gasteiger partial charge in [-0.1, -0.05) is 74.3 Å². The van der Waals surface area contributed by atoms with Crippen LogP contribution in [0.15, 0.2) is 12.7 Å². The summed E-state index contributed by atoms with van der Waals surface area (Å²) in [5, 5.41) is 5.94. The van der Waals surface area contributed by atoms with E-state index >= 15 is 0 Å². The highest BCUT2D eigenvalue weighted by molar-refractivity contribution is 6.38. The minimum atomic E-state index is -0.990. The molecule has 5 amide bonds. The summed E-state index contributed by atoms with van der Waals surface area (Å²) in [7, 11) is 0. The highest BCUT2D eigenvalue weighted by Crippen LogP contribution is 2.66. The van der Waals surface area contributed by atoms with E-state index in [0.29, 0.717) is 25.3 Å². The summed E-state index contributed by atoms with van der Waals surface area (Å²) in [4.78, 5) is 98.4. The van der Waals surface area contributed by atoms with Gasteiger partial charge in [-0.2, -0.15) is 0 Å². The standard InChI is InChI=1S/C42H64N4O7/c1-10-11-12-29(47)35(51)26(19-25-13-14-25)20-30(48)34-27-15-16-42(17-18-42)28(27)23-46(34)37(52)36(40(5,6)7)44-38(53)43-31(39(2,3)4)24-45-32(49)21-41(8,9)22-33(45)50/h10,25-28,31,34,36H,1,11-24H2,2-9H3,(H2,43,44,53)/t26?,27-,28-,31+,34-,36+/m0/s1. The molecule has 1 spiro atoms. The number of imide groups is 1. The highest BCUT2D eigenvalue weighted by Gasteiger charge is 2.64.